The molecule has 0 aliphatic carbocycles. The maximum Gasteiger partial charge on any atom is 0.416 e. The van der Waals surface area contributed by atoms with Gasteiger partial charge in [-0.1, -0.05) is 35.3 Å². The summed E-state index contributed by atoms with van der Waals surface area (Å²) in [6.07, 6.45) is -4.48. The third kappa shape index (κ3) is 5.32. The molecule has 0 atom stereocenters. The van der Waals surface area contributed by atoms with E-state index < -0.39 is 11.7 Å². The van der Waals surface area contributed by atoms with Crippen molar-refractivity contribution in [2.45, 2.75) is 26.1 Å². The first-order valence-corrected chi connectivity index (χ1v) is 10.2. The van der Waals surface area contributed by atoms with Crippen LogP contribution in [0.25, 0.3) is 0 Å². The Morgan fingerprint density at radius 2 is 1.58 bits per heavy atom. The molecule has 3 rings (SSSR count). The Morgan fingerprint density at radius 3 is 2.16 bits per heavy atom. The van der Waals surface area contributed by atoms with E-state index in [1.807, 2.05) is 13.8 Å². The Morgan fingerprint density at radius 1 is 0.935 bits per heavy atom. The molecule has 162 valence electrons. The Balaban J connectivity index is 1.89. The monoisotopic (exact) mass is 466 g/mol. The third-order valence-corrected chi connectivity index (χ3v) is 5.22. The van der Waals surface area contributed by atoms with Crippen LogP contribution in [0.4, 0.5) is 30.2 Å². The van der Waals surface area contributed by atoms with E-state index in [-0.39, 0.29) is 22.7 Å². The van der Waals surface area contributed by atoms with Crippen LogP contribution in [0.2, 0.25) is 10.0 Å². The van der Waals surface area contributed by atoms with E-state index in [4.69, 9.17) is 23.2 Å². The summed E-state index contributed by atoms with van der Waals surface area (Å²) in [5.41, 5.74) is 0.966. The average Bonchev–Trinajstić information content (AvgIpc) is 2.70. The van der Waals surface area contributed by atoms with Crippen LogP contribution in [-0.2, 0) is 6.18 Å². The summed E-state index contributed by atoms with van der Waals surface area (Å²) < 4.78 is 39.6. The number of nitrogens with one attached hydrogen (secondary N) is 1. The number of carbonyl (C=O) groups excluding carboxylic acids is 1. The highest BCUT2D eigenvalue weighted by molar-refractivity contribution is 6.34. The quantitative estimate of drug-likeness (QED) is 0.415. The van der Waals surface area contributed by atoms with Gasteiger partial charge < -0.3 is 10.2 Å². The van der Waals surface area contributed by atoms with Crippen molar-refractivity contribution in [3.8, 4) is 0 Å². The zero-order valence-corrected chi connectivity index (χ0v) is 18.2. The minimum Gasteiger partial charge on any atom is -0.338 e. The van der Waals surface area contributed by atoms with Crippen LogP contribution >= 0.6 is 23.2 Å². The molecule has 0 bridgehead atoms. The number of halogens is 5. The van der Waals surface area contributed by atoms with Crippen LogP contribution in [0.15, 0.2) is 66.7 Å². The molecule has 0 heterocycles. The van der Waals surface area contributed by atoms with Gasteiger partial charge >= 0.3 is 6.18 Å². The predicted octanol–water partition coefficient (Wildman–Crippen LogP) is 7.81. The summed E-state index contributed by atoms with van der Waals surface area (Å²) in [6.45, 7) is 3.70. The molecule has 0 radical (unpaired) electrons. The molecule has 0 spiro atoms. The number of rotatable bonds is 5. The minimum atomic E-state index is -4.48. The Labute approximate surface area is 188 Å². The van der Waals surface area contributed by atoms with Crippen molar-refractivity contribution in [1.82, 2.24) is 0 Å². The molecule has 3 nitrogen and oxygen atoms in total. The zero-order chi connectivity index (χ0) is 22.8. The van der Waals surface area contributed by atoms with E-state index in [1.165, 1.54) is 6.07 Å². The first kappa shape index (κ1) is 23.0. The largest absolute Gasteiger partial charge is 0.416 e. The normalized spacial score (nSPS) is 11.5. The summed E-state index contributed by atoms with van der Waals surface area (Å²) >= 11 is 12.3. The molecule has 0 fully saturated rings. The molecular weight excluding hydrogens is 448 g/mol. The van der Waals surface area contributed by atoms with Crippen molar-refractivity contribution < 1.29 is 18.0 Å². The zero-order valence-electron chi connectivity index (χ0n) is 16.7. The summed E-state index contributed by atoms with van der Waals surface area (Å²) in [6, 6.07) is 16.5. The van der Waals surface area contributed by atoms with Gasteiger partial charge in [-0.15, -0.1) is 0 Å². The van der Waals surface area contributed by atoms with Crippen molar-refractivity contribution in [2.24, 2.45) is 0 Å². The lowest BCUT2D eigenvalue weighted by atomic mass is 10.1. The molecule has 0 saturated carbocycles. The van der Waals surface area contributed by atoms with E-state index in [9.17, 15) is 18.0 Å². The molecular formula is C23H19Cl2F3N2O. The number of amides is 1. The molecule has 3 aromatic carbocycles. The van der Waals surface area contributed by atoms with Gasteiger partial charge in [0.15, 0.2) is 0 Å². The molecule has 1 amide bonds. The SMILES string of the molecule is CC(C)N(c1ccc(NC(=O)c2ccccc2Cl)cc1)c1cc(C(F)(F)F)ccc1Cl. The van der Waals surface area contributed by atoms with Gasteiger partial charge in [-0.05, 0) is 68.4 Å². The molecule has 0 saturated heterocycles. The fraction of sp³-hybridized carbons (Fsp3) is 0.174. The lowest BCUT2D eigenvalue weighted by molar-refractivity contribution is -0.137. The third-order valence-electron chi connectivity index (χ3n) is 4.57. The van der Waals surface area contributed by atoms with Crippen molar-refractivity contribution >= 4 is 46.2 Å². The van der Waals surface area contributed by atoms with Crippen LogP contribution in [0.5, 0.6) is 0 Å². The van der Waals surface area contributed by atoms with Crippen molar-refractivity contribution in [3.05, 3.63) is 87.9 Å². The van der Waals surface area contributed by atoms with Gasteiger partial charge in [0.2, 0.25) is 0 Å². The number of benzene rings is 3. The fourth-order valence-corrected chi connectivity index (χ4v) is 3.57. The first-order chi connectivity index (χ1) is 14.6. The summed E-state index contributed by atoms with van der Waals surface area (Å²) in [4.78, 5) is 14.1. The number of anilines is 3. The number of hydrogen-bond donors (Lipinski definition) is 1. The molecule has 3 aromatic rings. The summed E-state index contributed by atoms with van der Waals surface area (Å²) in [7, 11) is 0. The lowest BCUT2D eigenvalue weighted by Gasteiger charge is -2.30. The molecule has 0 aromatic heterocycles. The highest BCUT2D eigenvalue weighted by Gasteiger charge is 2.32. The minimum absolute atomic E-state index is 0.176. The smallest absolute Gasteiger partial charge is 0.338 e. The molecule has 0 aliphatic rings. The van der Waals surface area contributed by atoms with Crippen LogP contribution in [0, 0.1) is 0 Å². The van der Waals surface area contributed by atoms with Crippen LogP contribution in [-0.4, -0.2) is 11.9 Å². The summed E-state index contributed by atoms with van der Waals surface area (Å²) in [5.74, 6) is -0.361. The highest BCUT2D eigenvalue weighted by Crippen LogP contribution is 2.39. The van der Waals surface area contributed by atoms with Gasteiger partial charge in [0.25, 0.3) is 5.91 Å². The second-order valence-electron chi connectivity index (χ2n) is 7.11. The number of alkyl halides is 3. The standard InChI is InChI=1S/C23H19Cl2F3N2O/c1-14(2)30(21-13-15(23(26,27)28)7-12-20(21)25)17-10-8-16(9-11-17)29-22(31)18-5-3-4-6-19(18)24/h3-14H,1-2H3,(H,29,31). The van der Waals surface area contributed by atoms with E-state index in [1.54, 1.807) is 53.4 Å². The second kappa shape index (κ2) is 9.20. The van der Waals surface area contributed by atoms with Crippen LogP contribution < -0.4 is 10.2 Å². The van der Waals surface area contributed by atoms with E-state index in [2.05, 4.69) is 5.32 Å². The fourth-order valence-electron chi connectivity index (χ4n) is 3.14. The topological polar surface area (TPSA) is 32.3 Å². The van der Waals surface area contributed by atoms with Crippen LogP contribution in [0.3, 0.4) is 0 Å². The maximum atomic E-state index is 13.2. The van der Waals surface area contributed by atoms with Gasteiger partial charge in [-0.2, -0.15) is 13.2 Å². The maximum absolute atomic E-state index is 13.2. The van der Waals surface area contributed by atoms with Gasteiger partial charge in [0.05, 0.1) is 26.9 Å². The number of hydrogen-bond acceptors (Lipinski definition) is 2. The summed E-state index contributed by atoms with van der Waals surface area (Å²) in [5, 5.41) is 3.30. The Hall–Kier alpha value is -2.70. The first-order valence-electron chi connectivity index (χ1n) is 9.40. The second-order valence-corrected chi connectivity index (χ2v) is 7.92. The molecule has 1 N–H and O–H groups in total. The van der Waals surface area contributed by atoms with Crippen molar-refractivity contribution in [1.29, 1.82) is 0 Å². The molecule has 0 unspecified atom stereocenters. The van der Waals surface area contributed by atoms with Gasteiger partial charge in [0, 0.05) is 17.4 Å². The molecule has 8 heteroatoms. The van der Waals surface area contributed by atoms with E-state index in [0.29, 0.717) is 22.0 Å². The average molecular weight is 467 g/mol. The highest BCUT2D eigenvalue weighted by atomic mass is 35.5. The molecule has 0 aliphatic heterocycles. The van der Waals surface area contributed by atoms with Gasteiger partial charge in [-0.25, -0.2) is 0 Å². The Kier molecular flexibility index (Phi) is 6.82. The lowest BCUT2D eigenvalue weighted by Crippen LogP contribution is -2.26. The Bertz CT molecular complexity index is 1080. The van der Waals surface area contributed by atoms with Crippen LogP contribution in [0.1, 0.15) is 29.8 Å². The predicted molar refractivity (Wildman–Crippen MR) is 120 cm³/mol. The van der Waals surface area contributed by atoms with Gasteiger partial charge in [0.1, 0.15) is 0 Å². The van der Waals surface area contributed by atoms with E-state index >= 15 is 0 Å². The number of carbonyl (C=O) groups is 1. The van der Waals surface area contributed by atoms with Crippen molar-refractivity contribution in [2.75, 3.05) is 10.2 Å². The van der Waals surface area contributed by atoms with Crippen molar-refractivity contribution in [3.63, 3.8) is 0 Å². The number of nitrogens with zero attached hydrogens (tertiary/aromatic N) is 1. The van der Waals surface area contributed by atoms with Gasteiger partial charge in [-0.3, -0.25) is 4.79 Å². The molecule has 31 heavy (non-hydrogen) atoms. The van der Waals surface area contributed by atoms with E-state index in [0.717, 1.165) is 12.1 Å².